The van der Waals surface area contributed by atoms with E-state index < -0.39 is 0 Å². The van der Waals surface area contributed by atoms with Crippen molar-refractivity contribution in [2.45, 2.75) is 13.8 Å². The van der Waals surface area contributed by atoms with Gasteiger partial charge in [0.2, 0.25) is 0 Å². The normalized spacial score (nSPS) is 9.00. The Hall–Kier alpha value is -2.08. The zero-order valence-electron chi connectivity index (χ0n) is 11.2. The maximum atomic E-state index is 3.83. The van der Waals surface area contributed by atoms with Crippen LogP contribution < -0.4 is 0 Å². The number of aryl methyl sites for hydroxylation is 1. The van der Waals surface area contributed by atoms with E-state index in [0.29, 0.717) is 0 Å². The third-order valence-corrected chi connectivity index (χ3v) is 2.58. The Morgan fingerprint density at radius 1 is 0.944 bits per heavy atom. The van der Waals surface area contributed by atoms with Gasteiger partial charge in [-0.3, -0.25) is 0 Å². The SMILES string of the molecule is C=C(C)c1ccccc1.C=Cc1ccc(C)cc1. The molecule has 0 aliphatic rings. The fourth-order valence-corrected chi connectivity index (χ4v) is 1.43. The summed E-state index contributed by atoms with van der Waals surface area (Å²) in [5, 5.41) is 0. The monoisotopic (exact) mass is 236 g/mol. The van der Waals surface area contributed by atoms with Crippen LogP contribution in [0.1, 0.15) is 23.6 Å². The first-order valence-corrected chi connectivity index (χ1v) is 6.03. The van der Waals surface area contributed by atoms with Crippen molar-refractivity contribution >= 4 is 11.6 Å². The minimum atomic E-state index is 1.12. The van der Waals surface area contributed by atoms with Crippen molar-refractivity contribution in [2.24, 2.45) is 0 Å². The van der Waals surface area contributed by atoms with Gasteiger partial charge in [-0.05, 0) is 25.0 Å². The smallest absolute Gasteiger partial charge is 0.0233 e. The molecule has 0 radical (unpaired) electrons. The van der Waals surface area contributed by atoms with Gasteiger partial charge in [0.25, 0.3) is 0 Å². The predicted molar refractivity (Wildman–Crippen MR) is 82.4 cm³/mol. The molecule has 0 unspecified atom stereocenters. The molecule has 18 heavy (non-hydrogen) atoms. The molecule has 0 saturated heterocycles. The van der Waals surface area contributed by atoms with E-state index in [1.54, 1.807) is 0 Å². The van der Waals surface area contributed by atoms with E-state index in [4.69, 9.17) is 0 Å². The summed E-state index contributed by atoms with van der Waals surface area (Å²) in [4.78, 5) is 0. The molecule has 0 aliphatic heterocycles. The van der Waals surface area contributed by atoms with Crippen molar-refractivity contribution in [3.05, 3.63) is 84.4 Å². The largest absolute Gasteiger partial charge is 0.0985 e. The molecule has 0 bridgehead atoms. The van der Waals surface area contributed by atoms with E-state index in [-0.39, 0.29) is 0 Å². The van der Waals surface area contributed by atoms with Crippen LogP contribution in [-0.2, 0) is 0 Å². The van der Waals surface area contributed by atoms with Crippen molar-refractivity contribution < 1.29 is 0 Å². The lowest BCUT2D eigenvalue weighted by Gasteiger charge is -1.94. The Bertz CT molecular complexity index is 489. The highest BCUT2D eigenvalue weighted by Gasteiger charge is 1.86. The Morgan fingerprint density at radius 3 is 1.89 bits per heavy atom. The average molecular weight is 236 g/mol. The fourth-order valence-electron chi connectivity index (χ4n) is 1.43. The molecule has 2 rings (SSSR count). The standard InChI is InChI=1S/2C9H10/c1-8(2)9-6-4-3-5-7-9;1-3-9-6-4-8(2)5-7-9/h2*3-7H,1H2,2H3. The molecule has 0 spiro atoms. The van der Waals surface area contributed by atoms with Gasteiger partial charge in [0, 0.05) is 0 Å². The molecule has 0 fully saturated rings. The summed E-state index contributed by atoms with van der Waals surface area (Å²) in [6, 6.07) is 18.4. The molecule has 0 heterocycles. The number of hydrogen-bond donors (Lipinski definition) is 0. The Balaban J connectivity index is 0.000000180. The lowest BCUT2D eigenvalue weighted by Crippen LogP contribution is -1.72. The molecule has 0 saturated carbocycles. The molecule has 0 atom stereocenters. The first-order valence-electron chi connectivity index (χ1n) is 6.03. The second-order valence-electron chi connectivity index (χ2n) is 4.26. The summed E-state index contributed by atoms with van der Waals surface area (Å²) < 4.78 is 0. The highest BCUT2D eigenvalue weighted by molar-refractivity contribution is 5.60. The van der Waals surface area contributed by atoms with Crippen molar-refractivity contribution in [3.8, 4) is 0 Å². The maximum absolute atomic E-state index is 3.83. The second kappa shape index (κ2) is 7.29. The van der Waals surface area contributed by atoms with Gasteiger partial charge < -0.3 is 0 Å². The van der Waals surface area contributed by atoms with E-state index in [9.17, 15) is 0 Å². The zero-order valence-corrected chi connectivity index (χ0v) is 11.2. The third-order valence-electron chi connectivity index (χ3n) is 2.58. The zero-order chi connectivity index (χ0) is 13.4. The predicted octanol–water partition coefficient (Wildman–Crippen LogP) is 5.36. The van der Waals surface area contributed by atoms with Crippen LogP contribution in [0.15, 0.2) is 67.8 Å². The van der Waals surface area contributed by atoms with Crippen LogP contribution in [0.2, 0.25) is 0 Å². The average Bonchev–Trinajstić information content (AvgIpc) is 2.41. The minimum Gasteiger partial charge on any atom is -0.0985 e. The molecule has 0 aliphatic carbocycles. The van der Waals surface area contributed by atoms with Crippen LogP contribution in [0.3, 0.4) is 0 Å². The Kier molecular flexibility index (Phi) is 5.66. The first kappa shape index (κ1) is 14.0. The van der Waals surface area contributed by atoms with Gasteiger partial charge >= 0.3 is 0 Å². The molecule has 0 aromatic heterocycles. The molecule has 2 aromatic carbocycles. The van der Waals surface area contributed by atoms with Gasteiger partial charge in [-0.25, -0.2) is 0 Å². The van der Waals surface area contributed by atoms with E-state index >= 15 is 0 Å². The fraction of sp³-hybridized carbons (Fsp3) is 0.111. The lowest BCUT2D eigenvalue weighted by molar-refractivity contribution is 1.46. The number of hydrogen-bond acceptors (Lipinski definition) is 0. The van der Waals surface area contributed by atoms with Crippen molar-refractivity contribution in [2.75, 3.05) is 0 Å². The number of benzene rings is 2. The van der Waals surface area contributed by atoms with Gasteiger partial charge in [-0.15, -0.1) is 0 Å². The minimum absolute atomic E-state index is 1.12. The summed E-state index contributed by atoms with van der Waals surface area (Å²) in [5.74, 6) is 0. The van der Waals surface area contributed by atoms with Crippen LogP contribution in [0, 0.1) is 6.92 Å². The van der Waals surface area contributed by atoms with Gasteiger partial charge in [-0.1, -0.05) is 85.0 Å². The first-order chi connectivity index (χ1) is 8.63. The highest BCUT2D eigenvalue weighted by atomic mass is 13.9. The van der Waals surface area contributed by atoms with Gasteiger partial charge in [0.05, 0.1) is 0 Å². The van der Waals surface area contributed by atoms with Gasteiger partial charge in [0.15, 0.2) is 0 Å². The van der Waals surface area contributed by atoms with E-state index in [2.05, 4.69) is 56.5 Å². The van der Waals surface area contributed by atoms with Crippen LogP contribution in [0.25, 0.3) is 11.6 Å². The van der Waals surface area contributed by atoms with E-state index in [1.165, 1.54) is 16.7 Å². The van der Waals surface area contributed by atoms with Crippen LogP contribution in [0.4, 0.5) is 0 Å². The van der Waals surface area contributed by atoms with Gasteiger partial charge in [0.1, 0.15) is 0 Å². The van der Waals surface area contributed by atoms with E-state index in [1.807, 2.05) is 31.2 Å². The lowest BCUT2D eigenvalue weighted by atomic mass is 10.1. The number of allylic oxidation sites excluding steroid dienone is 1. The quantitative estimate of drug-likeness (QED) is 0.658. The van der Waals surface area contributed by atoms with Crippen molar-refractivity contribution in [1.29, 1.82) is 0 Å². The third kappa shape index (κ3) is 4.84. The summed E-state index contributed by atoms with van der Waals surface area (Å²) in [7, 11) is 0. The molecule has 0 heteroatoms. The molecule has 0 nitrogen and oxygen atoms in total. The second-order valence-corrected chi connectivity index (χ2v) is 4.26. The molecule has 0 amide bonds. The summed E-state index contributed by atoms with van der Waals surface area (Å²) in [5.41, 5.74) is 4.81. The molecule has 92 valence electrons. The van der Waals surface area contributed by atoms with E-state index in [0.717, 1.165) is 5.57 Å². The summed E-state index contributed by atoms with van der Waals surface area (Å²) >= 11 is 0. The molecular formula is C18H20. The number of rotatable bonds is 2. The molecule has 2 aromatic rings. The molecule has 0 N–H and O–H groups in total. The summed E-state index contributed by atoms with van der Waals surface area (Å²) in [6.07, 6.45) is 1.85. The topological polar surface area (TPSA) is 0 Å². The Morgan fingerprint density at radius 2 is 1.50 bits per heavy atom. The molecular weight excluding hydrogens is 216 g/mol. The summed E-state index contributed by atoms with van der Waals surface area (Å²) in [6.45, 7) is 11.6. The van der Waals surface area contributed by atoms with Gasteiger partial charge in [-0.2, -0.15) is 0 Å². The van der Waals surface area contributed by atoms with Crippen molar-refractivity contribution in [1.82, 2.24) is 0 Å². The van der Waals surface area contributed by atoms with Crippen LogP contribution >= 0.6 is 0 Å². The van der Waals surface area contributed by atoms with Crippen LogP contribution in [0.5, 0.6) is 0 Å². The highest BCUT2D eigenvalue weighted by Crippen LogP contribution is 2.08. The van der Waals surface area contributed by atoms with Crippen molar-refractivity contribution in [3.63, 3.8) is 0 Å². The van der Waals surface area contributed by atoms with Crippen LogP contribution in [-0.4, -0.2) is 0 Å². The Labute approximate surface area is 110 Å². The maximum Gasteiger partial charge on any atom is -0.0233 e.